The zero-order valence-electron chi connectivity index (χ0n) is 8.32. The van der Waals surface area contributed by atoms with Gasteiger partial charge in [-0.15, -0.1) is 0 Å². The first-order chi connectivity index (χ1) is 6.89. The van der Waals surface area contributed by atoms with Gasteiger partial charge in [-0.05, 0) is 6.07 Å². The summed E-state index contributed by atoms with van der Waals surface area (Å²) in [6.45, 7) is 3.46. The van der Waals surface area contributed by atoms with Crippen LogP contribution in [-0.2, 0) is 0 Å². The minimum Gasteiger partial charge on any atom is -0.449 e. The molecule has 0 saturated carbocycles. The van der Waals surface area contributed by atoms with Gasteiger partial charge in [0.2, 0.25) is 5.79 Å². The lowest BCUT2D eigenvalue weighted by atomic mass is 9.79. The Kier molecular flexibility index (Phi) is 2.33. The summed E-state index contributed by atoms with van der Waals surface area (Å²) < 4.78 is 10.9. The summed E-state index contributed by atoms with van der Waals surface area (Å²) in [5.41, 5.74) is 0.211. The van der Waals surface area contributed by atoms with E-state index in [0.717, 1.165) is 0 Å². The fourth-order valence-electron chi connectivity index (χ4n) is 1.50. The Morgan fingerprint density at radius 1 is 1.27 bits per heavy atom. The molecule has 0 spiro atoms. The number of fused-ring (bicyclic) bond motifs is 1. The lowest BCUT2D eigenvalue weighted by Gasteiger charge is -2.16. The van der Waals surface area contributed by atoms with Crippen molar-refractivity contribution in [3.05, 3.63) is 17.2 Å². The van der Waals surface area contributed by atoms with E-state index in [1.807, 2.05) is 0 Å². The molecular formula is C9H10BClO4. The zero-order valence-corrected chi connectivity index (χ0v) is 9.08. The van der Waals surface area contributed by atoms with Crippen LogP contribution < -0.4 is 14.9 Å². The number of halogens is 1. The van der Waals surface area contributed by atoms with Crippen LogP contribution in [0.2, 0.25) is 5.02 Å². The lowest BCUT2D eigenvalue weighted by molar-refractivity contribution is -0.0428. The van der Waals surface area contributed by atoms with Gasteiger partial charge in [0.15, 0.2) is 11.5 Å². The molecule has 0 unspecified atom stereocenters. The van der Waals surface area contributed by atoms with Gasteiger partial charge in [-0.3, -0.25) is 0 Å². The molecule has 80 valence electrons. The predicted octanol–water partition coefficient (Wildman–Crippen LogP) is 0.527. The predicted molar refractivity (Wildman–Crippen MR) is 56.6 cm³/mol. The summed E-state index contributed by atoms with van der Waals surface area (Å²) in [7, 11) is -1.63. The topological polar surface area (TPSA) is 58.9 Å². The first-order valence-electron chi connectivity index (χ1n) is 4.47. The van der Waals surface area contributed by atoms with Gasteiger partial charge in [0, 0.05) is 30.4 Å². The van der Waals surface area contributed by atoms with Crippen LogP contribution in [-0.4, -0.2) is 23.0 Å². The Morgan fingerprint density at radius 3 is 2.53 bits per heavy atom. The molecular weight excluding hydrogens is 218 g/mol. The Labute approximate surface area is 92.5 Å². The second-order valence-corrected chi connectivity index (χ2v) is 4.24. The standard InChI is InChI=1S/C9H10BClO4/c1-9(2)14-7-4-5(11)3-6(10(12)13)8(7)15-9/h3-4,12-13H,1-2H3. The zero-order chi connectivity index (χ0) is 11.2. The first-order valence-corrected chi connectivity index (χ1v) is 4.84. The van der Waals surface area contributed by atoms with Crippen molar-refractivity contribution in [3.63, 3.8) is 0 Å². The molecule has 0 bridgehead atoms. The lowest BCUT2D eigenvalue weighted by Crippen LogP contribution is -2.34. The summed E-state index contributed by atoms with van der Waals surface area (Å²) in [5.74, 6) is -0.0496. The molecule has 6 heteroatoms. The van der Waals surface area contributed by atoms with Crippen molar-refractivity contribution in [3.8, 4) is 11.5 Å². The molecule has 1 aliphatic rings. The third kappa shape index (κ3) is 1.90. The molecule has 1 aromatic carbocycles. The highest BCUT2D eigenvalue weighted by atomic mass is 35.5. The van der Waals surface area contributed by atoms with E-state index in [1.54, 1.807) is 19.9 Å². The summed E-state index contributed by atoms with van der Waals surface area (Å²) in [6.07, 6.45) is 0. The number of rotatable bonds is 1. The highest BCUT2D eigenvalue weighted by molar-refractivity contribution is 6.60. The van der Waals surface area contributed by atoms with E-state index in [9.17, 15) is 0 Å². The normalized spacial score (nSPS) is 16.6. The van der Waals surface area contributed by atoms with Crippen LogP contribution in [0.5, 0.6) is 11.5 Å². The molecule has 0 aliphatic carbocycles. The summed E-state index contributed by atoms with van der Waals surface area (Å²) in [6, 6.07) is 3.02. The van der Waals surface area contributed by atoms with E-state index in [1.165, 1.54) is 6.07 Å². The van der Waals surface area contributed by atoms with Crippen molar-refractivity contribution in [2.45, 2.75) is 19.6 Å². The second kappa shape index (κ2) is 3.30. The van der Waals surface area contributed by atoms with Crippen molar-refractivity contribution in [1.29, 1.82) is 0 Å². The fourth-order valence-corrected chi connectivity index (χ4v) is 1.71. The van der Waals surface area contributed by atoms with Crippen LogP contribution in [0.15, 0.2) is 12.1 Å². The Bertz CT molecular complexity index is 405. The molecule has 0 saturated heterocycles. The minimum atomic E-state index is -1.63. The van der Waals surface area contributed by atoms with Gasteiger partial charge in [-0.2, -0.15) is 0 Å². The van der Waals surface area contributed by atoms with E-state index >= 15 is 0 Å². The monoisotopic (exact) mass is 228 g/mol. The number of hydrogen-bond donors (Lipinski definition) is 2. The summed E-state index contributed by atoms with van der Waals surface area (Å²) >= 11 is 5.81. The van der Waals surface area contributed by atoms with Crippen molar-refractivity contribution >= 4 is 24.2 Å². The maximum atomic E-state index is 9.14. The van der Waals surface area contributed by atoms with Crippen molar-refractivity contribution < 1.29 is 19.5 Å². The molecule has 1 heterocycles. The molecule has 0 radical (unpaired) electrons. The van der Waals surface area contributed by atoms with Gasteiger partial charge in [0.1, 0.15) is 0 Å². The van der Waals surface area contributed by atoms with Gasteiger partial charge < -0.3 is 19.5 Å². The fraction of sp³-hybridized carbons (Fsp3) is 0.333. The van der Waals surface area contributed by atoms with Gasteiger partial charge in [0.05, 0.1) is 0 Å². The number of benzene rings is 1. The molecule has 0 aromatic heterocycles. The van der Waals surface area contributed by atoms with Crippen LogP contribution in [0, 0.1) is 0 Å². The van der Waals surface area contributed by atoms with Crippen LogP contribution in [0.1, 0.15) is 13.8 Å². The van der Waals surface area contributed by atoms with Gasteiger partial charge in [0.25, 0.3) is 0 Å². The van der Waals surface area contributed by atoms with E-state index in [-0.39, 0.29) is 5.46 Å². The Balaban J connectivity index is 2.53. The van der Waals surface area contributed by atoms with Gasteiger partial charge in [-0.1, -0.05) is 11.6 Å². The maximum absolute atomic E-state index is 9.14. The SMILES string of the molecule is CC1(C)Oc2cc(Cl)cc(B(O)O)c2O1. The van der Waals surface area contributed by atoms with Crippen molar-refractivity contribution in [1.82, 2.24) is 0 Å². The second-order valence-electron chi connectivity index (χ2n) is 3.80. The number of hydrogen-bond acceptors (Lipinski definition) is 4. The van der Waals surface area contributed by atoms with Gasteiger partial charge in [-0.25, -0.2) is 0 Å². The first kappa shape index (κ1) is 10.6. The number of ether oxygens (including phenoxy) is 2. The molecule has 0 amide bonds. The van der Waals surface area contributed by atoms with Crippen LogP contribution >= 0.6 is 11.6 Å². The van der Waals surface area contributed by atoms with E-state index in [0.29, 0.717) is 16.5 Å². The average molecular weight is 228 g/mol. The highest BCUT2D eigenvalue weighted by Crippen LogP contribution is 2.39. The van der Waals surface area contributed by atoms with Crippen molar-refractivity contribution in [2.75, 3.05) is 0 Å². The smallest absolute Gasteiger partial charge is 0.449 e. The molecule has 1 aromatic rings. The van der Waals surface area contributed by atoms with Gasteiger partial charge >= 0.3 is 7.12 Å². The summed E-state index contributed by atoms with van der Waals surface area (Å²) in [5, 5.41) is 18.7. The van der Waals surface area contributed by atoms with E-state index in [4.69, 9.17) is 31.1 Å². The molecule has 15 heavy (non-hydrogen) atoms. The highest BCUT2D eigenvalue weighted by Gasteiger charge is 2.36. The maximum Gasteiger partial charge on any atom is 0.492 e. The quantitative estimate of drug-likeness (QED) is 0.688. The van der Waals surface area contributed by atoms with Crippen LogP contribution in [0.25, 0.3) is 0 Å². The third-order valence-corrected chi connectivity index (χ3v) is 2.25. The Hall–Kier alpha value is -0.905. The molecule has 2 N–H and O–H groups in total. The average Bonchev–Trinajstić information content (AvgIpc) is 2.36. The molecule has 0 atom stereocenters. The van der Waals surface area contributed by atoms with Crippen LogP contribution in [0.3, 0.4) is 0 Å². The summed E-state index contributed by atoms with van der Waals surface area (Å²) in [4.78, 5) is 0. The molecule has 2 rings (SSSR count). The Morgan fingerprint density at radius 2 is 1.93 bits per heavy atom. The van der Waals surface area contributed by atoms with E-state index in [2.05, 4.69) is 0 Å². The van der Waals surface area contributed by atoms with Crippen LogP contribution in [0.4, 0.5) is 0 Å². The minimum absolute atomic E-state index is 0.211. The molecule has 1 aliphatic heterocycles. The largest absolute Gasteiger partial charge is 0.492 e. The van der Waals surface area contributed by atoms with Crippen molar-refractivity contribution in [2.24, 2.45) is 0 Å². The van der Waals surface area contributed by atoms with E-state index < -0.39 is 12.9 Å². The molecule has 4 nitrogen and oxygen atoms in total. The third-order valence-electron chi connectivity index (χ3n) is 2.03. The molecule has 0 fully saturated rings.